The number of carbonyl (C=O) groups is 1. The van der Waals surface area contributed by atoms with Crippen LogP contribution in [0, 0.1) is 13.8 Å². The molecular formula is C29H28N2O4. The van der Waals surface area contributed by atoms with Crippen LogP contribution in [0.25, 0.3) is 10.9 Å². The SMILES string of the molecule is COc1cc2c(cc1OC)[C@H](c1cc3cc(C)ccc3[nH]c1=O)N(C(=O)c1ccc(C)cc1)CC2. The number of ether oxygens (including phenoxy) is 2. The third kappa shape index (κ3) is 4.05. The van der Waals surface area contributed by atoms with Crippen LogP contribution in [0.1, 0.15) is 44.2 Å². The van der Waals surface area contributed by atoms with E-state index in [2.05, 4.69) is 4.98 Å². The summed E-state index contributed by atoms with van der Waals surface area (Å²) in [6.45, 7) is 4.49. The molecule has 35 heavy (non-hydrogen) atoms. The summed E-state index contributed by atoms with van der Waals surface area (Å²) >= 11 is 0. The molecule has 1 atom stereocenters. The first-order valence-corrected chi connectivity index (χ1v) is 11.7. The molecule has 1 aliphatic rings. The molecule has 1 aliphatic heterocycles. The average molecular weight is 469 g/mol. The predicted octanol–water partition coefficient (Wildman–Crippen LogP) is 4.95. The van der Waals surface area contributed by atoms with E-state index in [9.17, 15) is 9.59 Å². The molecule has 0 bridgehead atoms. The molecule has 3 aromatic carbocycles. The Balaban J connectivity index is 1.73. The molecule has 2 heterocycles. The Labute approximate surface area is 204 Å². The normalized spacial score (nSPS) is 15.1. The zero-order valence-electron chi connectivity index (χ0n) is 20.3. The van der Waals surface area contributed by atoms with E-state index >= 15 is 0 Å². The lowest BCUT2D eigenvalue weighted by molar-refractivity contribution is 0.0693. The number of carbonyl (C=O) groups excluding carboxylic acids is 1. The second kappa shape index (κ2) is 8.95. The molecule has 5 rings (SSSR count). The van der Waals surface area contributed by atoms with E-state index in [1.54, 1.807) is 19.1 Å². The van der Waals surface area contributed by atoms with Gasteiger partial charge in [-0.25, -0.2) is 0 Å². The smallest absolute Gasteiger partial charge is 0.254 e. The van der Waals surface area contributed by atoms with Gasteiger partial charge in [0.05, 0.1) is 20.3 Å². The van der Waals surface area contributed by atoms with Crippen molar-refractivity contribution in [3.63, 3.8) is 0 Å². The monoisotopic (exact) mass is 468 g/mol. The number of H-pyrrole nitrogens is 1. The van der Waals surface area contributed by atoms with Crippen molar-refractivity contribution in [1.82, 2.24) is 9.88 Å². The topological polar surface area (TPSA) is 71.6 Å². The van der Waals surface area contributed by atoms with Gasteiger partial charge in [-0.3, -0.25) is 9.59 Å². The second-order valence-electron chi connectivity index (χ2n) is 9.07. The lowest BCUT2D eigenvalue weighted by Crippen LogP contribution is -2.42. The first-order chi connectivity index (χ1) is 16.9. The van der Waals surface area contributed by atoms with E-state index in [0.717, 1.165) is 33.2 Å². The van der Waals surface area contributed by atoms with Gasteiger partial charge in [0.1, 0.15) is 0 Å². The Morgan fingerprint density at radius 1 is 0.886 bits per heavy atom. The predicted molar refractivity (Wildman–Crippen MR) is 137 cm³/mol. The van der Waals surface area contributed by atoms with Crippen LogP contribution < -0.4 is 15.0 Å². The average Bonchev–Trinajstić information content (AvgIpc) is 2.87. The molecule has 0 aliphatic carbocycles. The van der Waals surface area contributed by atoms with Gasteiger partial charge < -0.3 is 19.4 Å². The summed E-state index contributed by atoms with van der Waals surface area (Å²) in [5, 5.41) is 0.926. The summed E-state index contributed by atoms with van der Waals surface area (Å²) in [4.78, 5) is 32.0. The van der Waals surface area contributed by atoms with Crippen LogP contribution in [0.4, 0.5) is 0 Å². The molecule has 0 fully saturated rings. The molecule has 0 saturated heterocycles. The Bertz CT molecular complexity index is 1490. The van der Waals surface area contributed by atoms with E-state index in [-0.39, 0.29) is 11.5 Å². The number of hydrogen-bond acceptors (Lipinski definition) is 4. The number of aromatic amines is 1. The van der Waals surface area contributed by atoms with Gasteiger partial charge in [-0.15, -0.1) is 0 Å². The lowest BCUT2D eigenvalue weighted by Gasteiger charge is -2.38. The highest BCUT2D eigenvalue weighted by Crippen LogP contribution is 2.41. The molecule has 0 radical (unpaired) electrons. The van der Waals surface area contributed by atoms with Crippen LogP contribution in [0.2, 0.25) is 0 Å². The van der Waals surface area contributed by atoms with Gasteiger partial charge in [0.2, 0.25) is 0 Å². The first-order valence-electron chi connectivity index (χ1n) is 11.7. The summed E-state index contributed by atoms with van der Waals surface area (Å²) in [7, 11) is 3.19. The highest BCUT2D eigenvalue weighted by Gasteiger charge is 2.35. The van der Waals surface area contributed by atoms with Crippen molar-refractivity contribution in [2.75, 3.05) is 20.8 Å². The number of aryl methyl sites for hydroxylation is 2. The van der Waals surface area contributed by atoms with Crippen LogP contribution in [-0.2, 0) is 6.42 Å². The van der Waals surface area contributed by atoms with Crippen LogP contribution in [0.5, 0.6) is 11.5 Å². The van der Waals surface area contributed by atoms with Crippen molar-refractivity contribution in [3.05, 3.63) is 104 Å². The quantitative estimate of drug-likeness (QED) is 0.460. The largest absolute Gasteiger partial charge is 0.493 e. The minimum absolute atomic E-state index is 0.112. The van der Waals surface area contributed by atoms with Crippen molar-refractivity contribution in [3.8, 4) is 11.5 Å². The van der Waals surface area contributed by atoms with Gasteiger partial charge in [-0.2, -0.15) is 0 Å². The van der Waals surface area contributed by atoms with E-state index in [0.29, 0.717) is 35.6 Å². The minimum Gasteiger partial charge on any atom is -0.493 e. The highest BCUT2D eigenvalue weighted by atomic mass is 16.5. The highest BCUT2D eigenvalue weighted by molar-refractivity contribution is 5.95. The fourth-order valence-electron chi connectivity index (χ4n) is 4.91. The molecule has 1 amide bonds. The van der Waals surface area contributed by atoms with Gasteiger partial charge in [0.15, 0.2) is 11.5 Å². The first kappa shape index (κ1) is 22.7. The number of methoxy groups -OCH3 is 2. The standard InChI is InChI=1S/C29H28N2O4/c1-17-5-8-19(9-6-17)29(33)31-12-11-20-15-25(34-3)26(35-4)16-22(20)27(31)23-14-21-13-18(2)7-10-24(21)30-28(23)32/h5-10,13-16,27H,11-12H2,1-4H3,(H,30,32)/t27-/m1/s1. The second-order valence-corrected chi connectivity index (χ2v) is 9.07. The van der Waals surface area contributed by atoms with E-state index in [4.69, 9.17) is 9.47 Å². The lowest BCUT2D eigenvalue weighted by atomic mass is 9.87. The molecule has 0 saturated carbocycles. The van der Waals surface area contributed by atoms with Gasteiger partial charge in [0, 0.05) is 23.2 Å². The van der Waals surface area contributed by atoms with E-state index in [1.807, 2.05) is 74.5 Å². The molecule has 1 N–H and O–H groups in total. The summed E-state index contributed by atoms with van der Waals surface area (Å²) in [6.07, 6.45) is 0.647. The Kier molecular flexibility index (Phi) is 5.81. The Morgan fingerprint density at radius 2 is 1.57 bits per heavy atom. The molecule has 0 unspecified atom stereocenters. The Morgan fingerprint density at radius 3 is 2.29 bits per heavy atom. The van der Waals surface area contributed by atoms with Crippen LogP contribution >= 0.6 is 0 Å². The zero-order valence-corrected chi connectivity index (χ0v) is 20.3. The summed E-state index contributed by atoms with van der Waals surface area (Å²) < 4.78 is 11.1. The number of aromatic nitrogens is 1. The maximum absolute atomic E-state index is 13.8. The van der Waals surface area contributed by atoms with E-state index < -0.39 is 6.04 Å². The number of hydrogen-bond donors (Lipinski definition) is 1. The van der Waals surface area contributed by atoms with Crippen LogP contribution in [0.15, 0.2) is 65.5 Å². The third-order valence-electron chi connectivity index (χ3n) is 6.76. The number of pyridine rings is 1. The number of benzene rings is 3. The number of nitrogens with one attached hydrogen (secondary N) is 1. The fraction of sp³-hybridized carbons (Fsp3) is 0.241. The van der Waals surface area contributed by atoms with Crippen molar-refractivity contribution >= 4 is 16.8 Å². The third-order valence-corrected chi connectivity index (χ3v) is 6.76. The fourth-order valence-corrected chi connectivity index (χ4v) is 4.91. The molecular weight excluding hydrogens is 440 g/mol. The van der Waals surface area contributed by atoms with Crippen molar-refractivity contribution < 1.29 is 14.3 Å². The maximum atomic E-state index is 13.8. The van der Waals surface area contributed by atoms with Crippen molar-refractivity contribution in [2.45, 2.75) is 26.3 Å². The number of fused-ring (bicyclic) bond motifs is 2. The van der Waals surface area contributed by atoms with Gasteiger partial charge in [-0.05, 0) is 79.2 Å². The molecule has 178 valence electrons. The Hall–Kier alpha value is -4.06. The number of amides is 1. The molecule has 0 spiro atoms. The molecule has 4 aromatic rings. The van der Waals surface area contributed by atoms with Gasteiger partial charge in [-0.1, -0.05) is 29.3 Å². The van der Waals surface area contributed by atoms with Crippen molar-refractivity contribution in [2.24, 2.45) is 0 Å². The summed E-state index contributed by atoms with van der Waals surface area (Å²) in [5.74, 6) is 1.08. The summed E-state index contributed by atoms with van der Waals surface area (Å²) in [5.41, 5.74) is 5.75. The van der Waals surface area contributed by atoms with Crippen molar-refractivity contribution in [1.29, 1.82) is 0 Å². The summed E-state index contributed by atoms with van der Waals surface area (Å²) in [6, 6.07) is 18.7. The maximum Gasteiger partial charge on any atom is 0.254 e. The van der Waals surface area contributed by atoms with Gasteiger partial charge in [0.25, 0.3) is 11.5 Å². The minimum atomic E-state index is -0.568. The van der Waals surface area contributed by atoms with Gasteiger partial charge >= 0.3 is 0 Å². The van der Waals surface area contributed by atoms with Crippen LogP contribution in [0.3, 0.4) is 0 Å². The number of rotatable bonds is 4. The van der Waals surface area contributed by atoms with Crippen LogP contribution in [-0.4, -0.2) is 36.6 Å². The molecule has 6 heteroatoms. The number of nitrogens with zero attached hydrogens (tertiary/aromatic N) is 1. The van der Waals surface area contributed by atoms with E-state index in [1.165, 1.54) is 0 Å². The molecule has 6 nitrogen and oxygen atoms in total. The zero-order chi connectivity index (χ0) is 24.7. The molecule has 1 aromatic heterocycles.